The lowest BCUT2D eigenvalue weighted by atomic mass is 10.0. The summed E-state index contributed by atoms with van der Waals surface area (Å²) in [5.74, 6) is 0. The number of hydrogen-bond donors (Lipinski definition) is 1. The standard InChI is InChI=1S/C17H15ClN2/c1-10-8-13-15(9-14(10)18)20-17(11(2)16(13)19)12-6-4-3-5-7-12/h3-9H,1-2H3,(H2,19,20). The Kier molecular flexibility index (Phi) is 3.11. The van der Waals surface area contributed by atoms with Crippen LogP contribution < -0.4 is 5.73 Å². The summed E-state index contributed by atoms with van der Waals surface area (Å²) in [6.07, 6.45) is 0. The second-order valence-corrected chi connectivity index (χ2v) is 5.39. The maximum atomic E-state index is 6.29. The van der Waals surface area contributed by atoms with Crippen LogP contribution in [0.2, 0.25) is 5.02 Å². The Morgan fingerprint density at radius 2 is 1.75 bits per heavy atom. The molecule has 1 heterocycles. The van der Waals surface area contributed by atoms with E-state index in [1.807, 2.05) is 56.3 Å². The van der Waals surface area contributed by atoms with Crippen LogP contribution in [0, 0.1) is 13.8 Å². The van der Waals surface area contributed by atoms with Gasteiger partial charge in [0.05, 0.1) is 11.2 Å². The van der Waals surface area contributed by atoms with Crippen molar-refractivity contribution in [3.63, 3.8) is 0 Å². The molecule has 0 bridgehead atoms. The first-order chi connectivity index (χ1) is 9.58. The normalized spacial score (nSPS) is 10.9. The lowest BCUT2D eigenvalue weighted by Gasteiger charge is -2.12. The molecule has 100 valence electrons. The summed E-state index contributed by atoms with van der Waals surface area (Å²) >= 11 is 6.20. The Labute approximate surface area is 123 Å². The molecule has 0 radical (unpaired) electrons. The molecule has 0 saturated carbocycles. The Morgan fingerprint density at radius 3 is 2.45 bits per heavy atom. The minimum absolute atomic E-state index is 0.715. The molecule has 3 heteroatoms. The van der Waals surface area contributed by atoms with E-state index < -0.39 is 0 Å². The average Bonchev–Trinajstić information content (AvgIpc) is 2.46. The number of nitrogens with two attached hydrogens (primary N) is 1. The van der Waals surface area contributed by atoms with Gasteiger partial charge < -0.3 is 5.73 Å². The highest BCUT2D eigenvalue weighted by Crippen LogP contribution is 2.33. The third-order valence-corrected chi connectivity index (χ3v) is 4.01. The van der Waals surface area contributed by atoms with Crippen molar-refractivity contribution in [1.29, 1.82) is 0 Å². The molecule has 2 aromatic carbocycles. The summed E-state index contributed by atoms with van der Waals surface area (Å²) in [4.78, 5) is 4.74. The van der Waals surface area contributed by atoms with E-state index in [1.54, 1.807) is 0 Å². The zero-order chi connectivity index (χ0) is 14.3. The van der Waals surface area contributed by atoms with E-state index in [0.717, 1.165) is 39.0 Å². The van der Waals surface area contributed by atoms with Crippen LogP contribution in [0.5, 0.6) is 0 Å². The quantitative estimate of drug-likeness (QED) is 0.699. The molecule has 0 amide bonds. The van der Waals surface area contributed by atoms with Crippen molar-refractivity contribution in [2.24, 2.45) is 0 Å². The first-order valence-electron chi connectivity index (χ1n) is 6.49. The number of pyridine rings is 1. The Morgan fingerprint density at radius 1 is 1.05 bits per heavy atom. The number of hydrogen-bond acceptors (Lipinski definition) is 2. The number of nitrogens with zero attached hydrogens (tertiary/aromatic N) is 1. The minimum Gasteiger partial charge on any atom is -0.398 e. The predicted octanol–water partition coefficient (Wildman–Crippen LogP) is 4.75. The van der Waals surface area contributed by atoms with Crippen molar-refractivity contribution in [2.45, 2.75) is 13.8 Å². The SMILES string of the molecule is Cc1cc2c(N)c(C)c(-c3ccccc3)nc2cc1Cl. The number of halogens is 1. The van der Waals surface area contributed by atoms with Gasteiger partial charge in [-0.1, -0.05) is 41.9 Å². The van der Waals surface area contributed by atoms with E-state index in [1.165, 1.54) is 0 Å². The molecule has 0 aliphatic rings. The van der Waals surface area contributed by atoms with Crippen molar-refractivity contribution < 1.29 is 0 Å². The van der Waals surface area contributed by atoms with Gasteiger partial charge in [-0.3, -0.25) is 0 Å². The first kappa shape index (κ1) is 12.9. The van der Waals surface area contributed by atoms with Crippen molar-refractivity contribution in [2.75, 3.05) is 5.73 Å². The smallest absolute Gasteiger partial charge is 0.0759 e. The van der Waals surface area contributed by atoms with Crippen LogP contribution >= 0.6 is 11.6 Å². The number of rotatable bonds is 1. The maximum absolute atomic E-state index is 6.29. The molecule has 1 aromatic heterocycles. The molecule has 0 aliphatic carbocycles. The third-order valence-electron chi connectivity index (χ3n) is 3.61. The van der Waals surface area contributed by atoms with E-state index in [0.29, 0.717) is 5.02 Å². The fourth-order valence-corrected chi connectivity index (χ4v) is 2.55. The molecule has 3 aromatic rings. The molecule has 0 fully saturated rings. The molecular weight excluding hydrogens is 268 g/mol. The third kappa shape index (κ3) is 2.02. The molecule has 2 N–H and O–H groups in total. The van der Waals surface area contributed by atoms with Crippen LogP contribution in [0.3, 0.4) is 0 Å². The van der Waals surface area contributed by atoms with Gasteiger partial charge in [0.2, 0.25) is 0 Å². The molecule has 0 spiro atoms. The van der Waals surface area contributed by atoms with E-state index in [2.05, 4.69) is 0 Å². The van der Waals surface area contributed by atoms with Gasteiger partial charge in [0.15, 0.2) is 0 Å². The topological polar surface area (TPSA) is 38.9 Å². The van der Waals surface area contributed by atoms with Crippen LogP contribution in [0.4, 0.5) is 5.69 Å². The van der Waals surface area contributed by atoms with E-state index in [4.69, 9.17) is 22.3 Å². The van der Waals surface area contributed by atoms with E-state index in [9.17, 15) is 0 Å². The van der Waals surface area contributed by atoms with E-state index in [-0.39, 0.29) is 0 Å². The summed E-state index contributed by atoms with van der Waals surface area (Å²) in [5, 5.41) is 1.68. The zero-order valence-electron chi connectivity index (χ0n) is 11.4. The average molecular weight is 283 g/mol. The lowest BCUT2D eigenvalue weighted by molar-refractivity contribution is 1.32. The summed E-state index contributed by atoms with van der Waals surface area (Å²) in [6.45, 7) is 3.98. The number of fused-ring (bicyclic) bond motifs is 1. The largest absolute Gasteiger partial charge is 0.398 e. The predicted molar refractivity (Wildman–Crippen MR) is 86.1 cm³/mol. The van der Waals surface area contributed by atoms with Gasteiger partial charge in [0, 0.05) is 21.7 Å². The van der Waals surface area contributed by atoms with E-state index >= 15 is 0 Å². The Balaban J connectivity index is 2.36. The molecule has 0 saturated heterocycles. The maximum Gasteiger partial charge on any atom is 0.0759 e. The number of aryl methyl sites for hydroxylation is 1. The van der Waals surface area contributed by atoms with Crippen molar-refractivity contribution in [1.82, 2.24) is 4.98 Å². The first-order valence-corrected chi connectivity index (χ1v) is 6.87. The highest BCUT2D eigenvalue weighted by atomic mass is 35.5. The number of anilines is 1. The van der Waals surface area contributed by atoms with Gasteiger partial charge in [0.25, 0.3) is 0 Å². The number of aromatic nitrogens is 1. The van der Waals surface area contributed by atoms with Gasteiger partial charge in [-0.15, -0.1) is 0 Å². The molecule has 2 nitrogen and oxygen atoms in total. The van der Waals surface area contributed by atoms with Crippen LogP contribution in [0.1, 0.15) is 11.1 Å². The number of nitrogen functional groups attached to an aromatic ring is 1. The Bertz CT molecular complexity index is 795. The van der Waals surface area contributed by atoms with Crippen LogP contribution in [0.25, 0.3) is 22.2 Å². The highest BCUT2D eigenvalue weighted by molar-refractivity contribution is 6.32. The lowest BCUT2D eigenvalue weighted by Crippen LogP contribution is -1.98. The summed E-state index contributed by atoms with van der Waals surface area (Å²) in [6, 6.07) is 13.9. The molecule has 0 unspecified atom stereocenters. The van der Waals surface area contributed by atoms with Gasteiger partial charge in [0.1, 0.15) is 0 Å². The summed E-state index contributed by atoms with van der Waals surface area (Å²) in [7, 11) is 0. The summed E-state index contributed by atoms with van der Waals surface area (Å²) in [5.41, 5.74) is 11.9. The zero-order valence-corrected chi connectivity index (χ0v) is 12.2. The van der Waals surface area contributed by atoms with Crippen LogP contribution in [-0.4, -0.2) is 4.98 Å². The number of benzene rings is 2. The van der Waals surface area contributed by atoms with Gasteiger partial charge >= 0.3 is 0 Å². The highest BCUT2D eigenvalue weighted by Gasteiger charge is 2.12. The molecule has 0 aliphatic heterocycles. The molecule has 20 heavy (non-hydrogen) atoms. The van der Waals surface area contributed by atoms with Gasteiger partial charge in [-0.05, 0) is 37.1 Å². The summed E-state index contributed by atoms with van der Waals surface area (Å²) < 4.78 is 0. The monoisotopic (exact) mass is 282 g/mol. The Hall–Kier alpha value is -2.06. The van der Waals surface area contributed by atoms with Crippen molar-refractivity contribution in [3.05, 3.63) is 58.6 Å². The fourth-order valence-electron chi connectivity index (χ4n) is 2.39. The molecular formula is C17H15ClN2. The molecule has 0 atom stereocenters. The van der Waals surface area contributed by atoms with Gasteiger partial charge in [-0.2, -0.15) is 0 Å². The second-order valence-electron chi connectivity index (χ2n) is 4.98. The minimum atomic E-state index is 0.715. The second kappa shape index (κ2) is 4.80. The van der Waals surface area contributed by atoms with Crippen molar-refractivity contribution in [3.8, 4) is 11.3 Å². The van der Waals surface area contributed by atoms with Crippen LogP contribution in [0.15, 0.2) is 42.5 Å². The van der Waals surface area contributed by atoms with Gasteiger partial charge in [-0.25, -0.2) is 4.98 Å². The fraction of sp³-hybridized carbons (Fsp3) is 0.118. The van der Waals surface area contributed by atoms with Crippen LogP contribution in [-0.2, 0) is 0 Å². The molecule has 3 rings (SSSR count). The van der Waals surface area contributed by atoms with Crippen molar-refractivity contribution >= 4 is 28.2 Å².